The normalized spacial score (nSPS) is 11.2. The predicted octanol–water partition coefficient (Wildman–Crippen LogP) is 7.20. The van der Waals surface area contributed by atoms with Crippen molar-refractivity contribution in [3.05, 3.63) is 42.5 Å². The van der Waals surface area contributed by atoms with Crippen LogP contribution < -0.4 is 15.4 Å². The van der Waals surface area contributed by atoms with Crippen LogP contribution in [-0.2, 0) is 24.3 Å². The molecule has 41 heavy (non-hydrogen) atoms. The number of carbonyl (C=O) groups is 2. The minimum Gasteiger partial charge on any atom is -0.506 e. The third kappa shape index (κ3) is 13.8. The van der Waals surface area contributed by atoms with Crippen molar-refractivity contribution in [3.8, 4) is 5.75 Å². The number of benzene rings is 2. The number of carbonyl (C=O) groups excluding carboxylic acids is 2. The summed E-state index contributed by atoms with van der Waals surface area (Å²) in [7, 11) is -2.77. The van der Waals surface area contributed by atoms with E-state index in [-0.39, 0.29) is 28.8 Å². The van der Waals surface area contributed by atoms with E-state index in [9.17, 15) is 23.1 Å². The minimum atomic E-state index is -4.03. The highest BCUT2D eigenvalue weighted by Crippen LogP contribution is 2.29. The third-order valence-electron chi connectivity index (χ3n) is 6.84. The fraction of sp³-hybridized carbons (Fsp3) is 0.548. The van der Waals surface area contributed by atoms with Crippen molar-refractivity contribution in [2.24, 2.45) is 0 Å². The van der Waals surface area contributed by atoms with Crippen LogP contribution in [0.5, 0.6) is 5.75 Å². The van der Waals surface area contributed by atoms with Gasteiger partial charge in [-0.1, -0.05) is 90.0 Å². The maximum absolute atomic E-state index is 12.9. The van der Waals surface area contributed by atoms with Gasteiger partial charge in [-0.15, -0.1) is 0 Å². The first-order valence-corrected chi connectivity index (χ1v) is 16.3. The fourth-order valence-corrected chi connectivity index (χ4v) is 5.57. The number of hydrogen-bond acceptors (Lipinski definition) is 7. The lowest BCUT2D eigenvalue weighted by atomic mass is 10.0. The van der Waals surface area contributed by atoms with Gasteiger partial charge < -0.3 is 20.5 Å². The number of rotatable bonds is 21. The zero-order chi connectivity index (χ0) is 29.9. The van der Waals surface area contributed by atoms with E-state index in [1.165, 1.54) is 102 Å². The summed E-state index contributed by atoms with van der Waals surface area (Å²) in [6.45, 7) is 2.15. The standard InChI is InChI=1S/C31H47N3O6S/c1-3-4-5-6-7-8-9-10-11-12-13-14-15-19-30(36)33-26-17-16-18-27(22-26)41(38,39)34-28-21-20-25(23-29(28)35)32-24-31(37)40-2/h16-18,20-23,32,34-35H,3-15,19,24H2,1-2H3,(H,33,36). The number of methoxy groups -OCH3 is 1. The molecule has 0 saturated carbocycles. The van der Waals surface area contributed by atoms with E-state index >= 15 is 0 Å². The summed E-state index contributed by atoms with van der Waals surface area (Å²) >= 11 is 0. The van der Waals surface area contributed by atoms with Crippen LogP contribution in [0.3, 0.4) is 0 Å². The van der Waals surface area contributed by atoms with E-state index in [0.717, 1.165) is 19.3 Å². The van der Waals surface area contributed by atoms with Gasteiger partial charge in [0.25, 0.3) is 10.0 Å². The number of nitrogens with one attached hydrogen (secondary N) is 3. The number of amides is 1. The van der Waals surface area contributed by atoms with Crippen LogP contribution in [0.2, 0.25) is 0 Å². The first kappa shape index (κ1) is 33.9. The first-order chi connectivity index (χ1) is 19.7. The highest BCUT2D eigenvalue weighted by atomic mass is 32.2. The lowest BCUT2D eigenvalue weighted by molar-refractivity contribution is -0.138. The molecule has 2 aromatic carbocycles. The van der Waals surface area contributed by atoms with E-state index in [2.05, 4.69) is 27.0 Å². The molecule has 0 radical (unpaired) electrons. The molecule has 0 unspecified atom stereocenters. The zero-order valence-electron chi connectivity index (χ0n) is 24.5. The summed E-state index contributed by atoms with van der Waals surface area (Å²) < 4.78 is 32.8. The molecule has 10 heteroatoms. The molecule has 2 aromatic rings. The van der Waals surface area contributed by atoms with Gasteiger partial charge >= 0.3 is 5.97 Å². The Morgan fingerprint density at radius 1 is 0.805 bits per heavy atom. The number of unbranched alkanes of at least 4 members (excludes halogenated alkanes) is 12. The van der Waals surface area contributed by atoms with E-state index in [4.69, 9.17) is 0 Å². The Bertz CT molecular complexity index is 1190. The molecule has 0 aromatic heterocycles. The molecule has 1 amide bonds. The Morgan fingerprint density at radius 2 is 1.41 bits per heavy atom. The zero-order valence-corrected chi connectivity index (χ0v) is 25.4. The summed E-state index contributed by atoms with van der Waals surface area (Å²) in [5.41, 5.74) is 0.786. The molecule has 0 bridgehead atoms. The van der Waals surface area contributed by atoms with Crippen molar-refractivity contribution >= 4 is 39.0 Å². The van der Waals surface area contributed by atoms with Crippen molar-refractivity contribution in [1.29, 1.82) is 0 Å². The third-order valence-corrected chi connectivity index (χ3v) is 8.21. The van der Waals surface area contributed by atoms with Crippen LogP contribution in [0.1, 0.15) is 96.8 Å². The van der Waals surface area contributed by atoms with Gasteiger partial charge in [-0.2, -0.15) is 0 Å². The van der Waals surface area contributed by atoms with Crippen LogP contribution >= 0.6 is 0 Å². The number of sulfonamides is 1. The monoisotopic (exact) mass is 589 g/mol. The second-order valence-electron chi connectivity index (χ2n) is 10.3. The van der Waals surface area contributed by atoms with Crippen molar-refractivity contribution in [3.63, 3.8) is 0 Å². The summed E-state index contributed by atoms with van der Waals surface area (Å²) in [6, 6.07) is 10.2. The number of hydrogen-bond donors (Lipinski definition) is 4. The molecule has 0 fully saturated rings. The number of ether oxygens (including phenoxy) is 1. The Balaban J connectivity index is 1.72. The number of phenolic OH excluding ortho intramolecular Hbond substituents is 1. The van der Waals surface area contributed by atoms with Crippen molar-refractivity contribution in [1.82, 2.24) is 0 Å². The maximum atomic E-state index is 12.9. The van der Waals surface area contributed by atoms with Gasteiger partial charge in [0.2, 0.25) is 5.91 Å². The Labute approximate surface area is 245 Å². The second kappa shape index (κ2) is 19.0. The van der Waals surface area contributed by atoms with Gasteiger partial charge in [0, 0.05) is 23.9 Å². The van der Waals surface area contributed by atoms with E-state index < -0.39 is 16.0 Å². The highest BCUT2D eigenvalue weighted by Gasteiger charge is 2.17. The maximum Gasteiger partial charge on any atom is 0.325 e. The van der Waals surface area contributed by atoms with Gasteiger partial charge in [-0.25, -0.2) is 8.42 Å². The Kier molecular flexibility index (Phi) is 15.7. The SMILES string of the molecule is CCCCCCCCCCCCCCCC(=O)Nc1cccc(S(=O)(=O)Nc2ccc(NCC(=O)OC)cc2O)c1. The molecule has 228 valence electrons. The molecule has 0 saturated heterocycles. The van der Waals surface area contributed by atoms with E-state index in [1.54, 1.807) is 12.1 Å². The fourth-order valence-electron chi connectivity index (χ4n) is 4.45. The molecule has 9 nitrogen and oxygen atoms in total. The number of anilines is 3. The summed E-state index contributed by atoms with van der Waals surface area (Å²) in [5.74, 6) is -0.945. The lowest BCUT2D eigenvalue weighted by Gasteiger charge is -2.13. The number of phenols is 1. The van der Waals surface area contributed by atoms with E-state index in [0.29, 0.717) is 17.8 Å². The number of esters is 1. The van der Waals surface area contributed by atoms with Gasteiger partial charge in [0.1, 0.15) is 12.3 Å². The average Bonchev–Trinajstić information content (AvgIpc) is 2.95. The van der Waals surface area contributed by atoms with Crippen molar-refractivity contribution in [2.75, 3.05) is 29.0 Å². The quantitative estimate of drug-likeness (QED) is 0.0687. The molecule has 4 N–H and O–H groups in total. The molecule has 2 rings (SSSR count). The van der Waals surface area contributed by atoms with Gasteiger partial charge in [0.05, 0.1) is 17.7 Å². The van der Waals surface area contributed by atoms with Crippen LogP contribution in [0.4, 0.5) is 17.1 Å². The predicted molar refractivity (Wildman–Crippen MR) is 165 cm³/mol. The molecule has 0 aliphatic rings. The van der Waals surface area contributed by atoms with E-state index in [1.807, 2.05) is 0 Å². The Morgan fingerprint density at radius 3 is 2.00 bits per heavy atom. The van der Waals surface area contributed by atoms with Crippen molar-refractivity contribution < 1.29 is 27.9 Å². The lowest BCUT2D eigenvalue weighted by Crippen LogP contribution is -2.16. The molecule has 0 atom stereocenters. The summed E-state index contributed by atoms with van der Waals surface area (Å²) in [6.07, 6.45) is 16.5. The van der Waals surface area contributed by atoms with Crippen LogP contribution in [0.15, 0.2) is 47.4 Å². The average molecular weight is 590 g/mol. The molecule has 0 aliphatic heterocycles. The molecule has 0 aliphatic carbocycles. The summed E-state index contributed by atoms with van der Waals surface area (Å²) in [5, 5.41) is 15.8. The smallest absolute Gasteiger partial charge is 0.325 e. The largest absolute Gasteiger partial charge is 0.506 e. The van der Waals surface area contributed by atoms with Crippen LogP contribution in [0.25, 0.3) is 0 Å². The summed E-state index contributed by atoms with van der Waals surface area (Å²) in [4.78, 5) is 23.6. The minimum absolute atomic E-state index is 0.0227. The Hall–Kier alpha value is -3.27. The molecule has 0 heterocycles. The first-order valence-electron chi connectivity index (χ1n) is 14.8. The van der Waals surface area contributed by atoms with Gasteiger partial charge in [0.15, 0.2) is 0 Å². The van der Waals surface area contributed by atoms with Crippen LogP contribution in [0, 0.1) is 0 Å². The topological polar surface area (TPSA) is 134 Å². The molecule has 0 spiro atoms. The highest BCUT2D eigenvalue weighted by molar-refractivity contribution is 7.92. The van der Waals surface area contributed by atoms with Gasteiger partial charge in [-0.05, 0) is 36.8 Å². The van der Waals surface area contributed by atoms with Crippen LogP contribution in [-0.4, -0.2) is 39.1 Å². The second-order valence-corrected chi connectivity index (χ2v) is 12.0. The van der Waals surface area contributed by atoms with Crippen molar-refractivity contribution in [2.45, 2.75) is 102 Å². The number of aromatic hydroxyl groups is 1. The van der Waals surface area contributed by atoms with Gasteiger partial charge in [-0.3, -0.25) is 14.3 Å². The molecular weight excluding hydrogens is 542 g/mol. The molecular formula is C31H47N3O6S.